The Labute approximate surface area is 115 Å². The van der Waals surface area contributed by atoms with Gasteiger partial charge < -0.3 is 9.64 Å². The Bertz CT molecular complexity index is 509. The van der Waals surface area contributed by atoms with Crippen LogP contribution in [0.5, 0.6) is 5.75 Å². The second kappa shape index (κ2) is 5.47. The topological polar surface area (TPSA) is 12.5 Å². The summed E-state index contributed by atoms with van der Waals surface area (Å²) in [4.78, 5) is 1.22. The first-order valence-corrected chi connectivity index (χ1v) is 5.51. The molecule has 20 heavy (non-hydrogen) atoms. The van der Waals surface area contributed by atoms with Gasteiger partial charge in [0, 0.05) is 14.1 Å². The molecule has 1 aromatic carbocycles. The molecule has 0 aliphatic heterocycles. The zero-order valence-corrected chi connectivity index (χ0v) is 11.1. The molecule has 0 aliphatic rings. The zero-order valence-electron chi connectivity index (χ0n) is 10.3. The number of rotatable bonds is 1. The van der Waals surface area contributed by atoms with Crippen molar-refractivity contribution in [1.29, 1.82) is 0 Å². The molecule has 0 spiro atoms. The second-order valence-corrected chi connectivity index (χ2v) is 4.32. The largest absolute Gasteiger partial charge is 0.431 e. The van der Waals surface area contributed by atoms with Gasteiger partial charge in [0.2, 0.25) is 0 Å². The second-order valence-electron chi connectivity index (χ2n) is 3.97. The highest BCUT2D eigenvalue weighted by molar-refractivity contribution is 7.80. The summed E-state index contributed by atoms with van der Waals surface area (Å²) < 4.78 is 80.4. The minimum atomic E-state index is -4.99. The van der Waals surface area contributed by atoms with Crippen molar-refractivity contribution >= 4 is 17.4 Å². The van der Waals surface area contributed by atoms with E-state index in [4.69, 9.17) is 4.74 Å². The van der Waals surface area contributed by atoms with E-state index in [1.807, 2.05) is 0 Å². The third-order valence-electron chi connectivity index (χ3n) is 2.17. The van der Waals surface area contributed by atoms with Gasteiger partial charge in [-0.2, -0.15) is 26.3 Å². The van der Waals surface area contributed by atoms with Gasteiger partial charge in [0.1, 0.15) is 5.75 Å². The van der Waals surface area contributed by atoms with E-state index in [9.17, 15) is 26.3 Å². The van der Waals surface area contributed by atoms with Gasteiger partial charge in [-0.1, -0.05) is 0 Å². The fourth-order valence-electron chi connectivity index (χ4n) is 1.20. The standard InChI is InChI=1S/C11H9F6NOS/c1-18(2)9(20)19-8-4-3-6(10(12,13)14)5-7(8)11(15,16)17/h3-5H,1-2H3. The van der Waals surface area contributed by atoms with Crippen LogP contribution in [-0.2, 0) is 12.4 Å². The number of hydrogen-bond donors (Lipinski definition) is 0. The Kier molecular flexibility index (Phi) is 4.52. The highest BCUT2D eigenvalue weighted by Gasteiger charge is 2.39. The third kappa shape index (κ3) is 3.99. The molecule has 0 aliphatic carbocycles. The van der Waals surface area contributed by atoms with Gasteiger partial charge in [0.25, 0.3) is 5.17 Å². The van der Waals surface area contributed by atoms with Gasteiger partial charge in [-0.15, -0.1) is 0 Å². The maximum atomic E-state index is 12.8. The zero-order chi connectivity index (χ0) is 15.7. The number of halogens is 6. The van der Waals surface area contributed by atoms with Crippen molar-refractivity contribution in [2.24, 2.45) is 0 Å². The van der Waals surface area contributed by atoms with Crippen molar-refractivity contribution in [3.8, 4) is 5.75 Å². The molecule has 0 fully saturated rings. The Morgan fingerprint density at radius 2 is 1.60 bits per heavy atom. The molecule has 0 saturated heterocycles. The maximum Gasteiger partial charge on any atom is 0.420 e. The van der Waals surface area contributed by atoms with Crippen LogP contribution in [0.2, 0.25) is 0 Å². The third-order valence-corrected chi connectivity index (χ3v) is 2.62. The number of thiocarbonyl (C=S) groups is 1. The molecule has 0 atom stereocenters. The van der Waals surface area contributed by atoms with E-state index in [0.717, 1.165) is 0 Å². The van der Waals surface area contributed by atoms with Gasteiger partial charge in [-0.05, 0) is 30.4 Å². The highest BCUT2D eigenvalue weighted by Crippen LogP contribution is 2.40. The van der Waals surface area contributed by atoms with Crippen LogP contribution in [0.1, 0.15) is 11.1 Å². The lowest BCUT2D eigenvalue weighted by Gasteiger charge is -2.19. The summed E-state index contributed by atoms with van der Waals surface area (Å²) in [6.07, 6.45) is -9.86. The first kappa shape index (κ1) is 16.5. The van der Waals surface area contributed by atoms with E-state index in [1.165, 1.54) is 19.0 Å². The molecule has 112 valence electrons. The van der Waals surface area contributed by atoms with Crippen molar-refractivity contribution in [1.82, 2.24) is 4.90 Å². The number of benzene rings is 1. The van der Waals surface area contributed by atoms with Crippen molar-refractivity contribution in [2.45, 2.75) is 12.4 Å². The summed E-state index contributed by atoms with van der Waals surface area (Å²) in [5, 5.41) is -0.296. The number of alkyl halides is 6. The molecule has 2 nitrogen and oxygen atoms in total. The quantitative estimate of drug-likeness (QED) is 0.575. The average Bonchev–Trinajstić information content (AvgIpc) is 2.26. The van der Waals surface area contributed by atoms with Gasteiger partial charge in [0.15, 0.2) is 0 Å². The lowest BCUT2D eigenvalue weighted by Crippen LogP contribution is -2.26. The predicted octanol–water partition coefficient (Wildman–Crippen LogP) is 3.95. The van der Waals surface area contributed by atoms with Crippen LogP contribution in [0.3, 0.4) is 0 Å². The first-order chi connectivity index (χ1) is 8.93. The van der Waals surface area contributed by atoms with E-state index in [1.54, 1.807) is 0 Å². The van der Waals surface area contributed by atoms with Crippen LogP contribution in [0.25, 0.3) is 0 Å². The van der Waals surface area contributed by atoms with Gasteiger partial charge >= 0.3 is 12.4 Å². The number of nitrogens with zero attached hydrogens (tertiary/aromatic N) is 1. The minimum absolute atomic E-state index is 0.00634. The SMILES string of the molecule is CN(C)C(=S)Oc1ccc(C(F)(F)F)cc1C(F)(F)F. The maximum absolute atomic E-state index is 12.8. The van der Waals surface area contributed by atoms with Crippen molar-refractivity contribution in [3.63, 3.8) is 0 Å². The van der Waals surface area contributed by atoms with Crippen LogP contribution >= 0.6 is 12.2 Å². The van der Waals surface area contributed by atoms with E-state index in [0.29, 0.717) is 12.1 Å². The van der Waals surface area contributed by atoms with Gasteiger partial charge in [-0.25, -0.2) is 0 Å². The fourth-order valence-corrected chi connectivity index (χ4v) is 1.29. The normalized spacial score (nSPS) is 12.2. The summed E-state index contributed by atoms with van der Waals surface area (Å²) in [5.41, 5.74) is -2.94. The average molecular weight is 317 g/mol. The van der Waals surface area contributed by atoms with E-state index in [-0.39, 0.29) is 11.2 Å². The molecule has 1 aromatic rings. The van der Waals surface area contributed by atoms with E-state index >= 15 is 0 Å². The van der Waals surface area contributed by atoms with Crippen LogP contribution in [-0.4, -0.2) is 24.2 Å². The van der Waals surface area contributed by atoms with Crippen LogP contribution in [0, 0.1) is 0 Å². The van der Waals surface area contributed by atoms with Crippen molar-refractivity contribution < 1.29 is 31.1 Å². The lowest BCUT2D eigenvalue weighted by molar-refractivity contribution is -0.143. The van der Waals surface area contributed by atoms with Crippen molar-refractivity contribution in [3.05, 3.63) is 29.3 Å². The van der Waals surface area contributed by atoms with Crippen LogP contribution in [0.4, 0.5) is 26.3 Å². The summed E-state index contributed by atoms with van der Waals surface area (Å²) in [7, 11) is 2.86. The molecule has 0 aromatic heterocycles. The Balaban J connectivity index is 3.29. The highest BCUT2D eigenvalue weighted by atomic mass is 32.1. The van der Waals surface area contributed by atoms with Crippen LogP contribution < -0.4 is 4.74 Å². The molecule has 0 saturated carbocycles. The molecule has 0 N–H and O–H groups in total. The molecular formula is C11H9F6NOS. The summed E-state index contributed by atoms with van der Waals surface area (Å²) in [6, 6.07) is 1.10. The van der Waals surface area contributed by atoms with Gasteiger partial charge in [-0.3, -0.25) is 0 Å². The monoisotopic (exact) mass is 317 g/mol. The molecule has 0 heterocycles. The summed E-state index contributed by atoms with van der Waals surface area (Å²) in [6.45, 7) is 0. The summed E-state index contributed by atoms with van der Waals surface area (Å²) in [5.74, 6) is -0.774. The van der Waals surface area contributed by atoms with E-state index in [2.05, 4.69) is 12.2 Å². The molecule has 9 heteroatoms. The molecule has 0 unspecified atom stereocenters. The molecule has 0 bridgehead atoms. The van der Waals surface area contributed by atoms with Crippen molar-refractivity contribution in [2.75, 3.05) is 14.1 Å². The first-order valence-electron chi connectivity index (χ1n) is 5.10. The number of hydrogen-bond acceptors (Lipinski definition) is 2. The summed E-state index contributed by atoms with van der Waals surface area (Å²) >= 11 is 4.66. The lowest BCUT2D eigenvalue weighted by atomic mass is 10.1. The Morgan fingerprint density at radius 3 is 2.00 bits per heavy atom. The minimum Gasteiger partial charge on any atom is -0.431 e. The van der Waals surface area contributed by atoms with Gasteiger partial charge in [0.05, 0.1) is 11.1 Å². The fraction of sp³-hybridized carbons (Fsp3) is 0.364. The van der Waals surface area contributed by atoms with Crippen LogP contribution in [0.15, 0.2) is 18.2 Å². The smallest absolute Gasteiger partial charge is 0.420 e. The number of ether oxygens (including phenoxy) is 1. The Hall–Kier alpha value is -1.51. The predicted molar refractivity (Wildman–Crippen MR) is 63.4 cm³/mol. The molecule has 1 rings (SSSR count). The Morgan fingerprint density at radius 1 is 1.05 bits per heavy atom. The molecule has 0 amide bonds. The van der Waals surface area contributed by atoms with E-state index < -0.39 is 29.2 Å². The molecule has 0 radical (unpaired) electrons. The molecular weight excluding hydrogens is 308 g/mol.